The summed E-state index contributed by atoms with van der Waals surface area (Å²) in [5, 5.41) is 5.95. The van der Waals surface area contributed by atoms with E-state index >= 15 is 0 Å². The smallest absolute Gasteiger partial charge is 0.220 e. The van der Waals surface area contributed by atoms with Crippen LogP contribution in [0.5, 0.6) is 0 Å². The molecule has 0 saturated heterocycles. The zero-order valence-electron chi connectivity index (χ0n) is 15.2. The third-order valence-electron chi connectivity index (χ3n) is 4.45. The van der Waals surface area contributed by atoms with E-state index in [1.165, 1.54) is 12.1 Å². The van der Waals surface area contributed by atoms with Crippen LogP contribution in [-0.2, 0) is 11.2 Å². The molecule has 0 bridgehead atoms. The Labute approximate surface area is 162 Å². The molecule has 1 unspecified atom stereocenters. The van der Waals surface area contributed by atoms with Crippen LogP contribution in [-0.4, -0.2) is 22.4 Å². The lowest BCUT2D eigenvalue weighted by Crippen LogP contribution is -2.27. The fourth-order valence-electron chi connectivity index (χ4n) is 2.91. The molecular formula is C21H22FN3OS. The quantitative estimate of drug-likeness (QED) is 0.619. The Balaban J connectivity index is 1.48. The van der Waals surface area contributed by atoms with Gasteiger partial charge in [-0.2, -0.15) is 0 Å². The lowest BCUT2D eigenvalue weighted by Gasteiger charge is -2.15. The van der Waals surface area contributed by atoms with Crippen LogP contribution < -0.4 is 5.32 Å². The minimum Gasteiger partial charge on any atom is -0.356 e. The second kappa shape index (κ2) is 9.37. The third-order valence-corrected chi connectivity index (χ3v) is 5.39. The maximum Gasteiger partial charge on any atom is 0.220 e. The lowest BCUT2D eigenvalue weighted by atomic mass is 9.93. The molecule has 2 heterocycles. The largest absolute Gasteiger partial charge is 0.356 e. The Morgan fingerprint density at radius 1 is 1.19 bits per heavy atom. The van der Waals surface area contributed by atoms with Gasteiger partial charge >= 0.3 is 0 Å². The van der Waals surface area contributed by atoms with Crippen LogP contribution in [0, 0.1) is 5.82 Å². The van der Waals surface area contributed by atoms with Crippen molar-refractivity contribution in [2.45, 2.75) is 32.1 Å². The number of carbonyl (C=O) groups excluding carboxylic acids is 1. The molecule has 0 aliphatic rings. The number of pyridine rings is 1. The van der Waals surface area contributed by atoms with E-state index in [1.807, 2.05) is 24.4 Å². The van der Waals surface area contributed by atoms with Crippen LogP contribution in [0.4, 0.5) is 4.39 Å². The summed E-state index contributed by atoms with van der Waals surface area (Å²) in [5.41, 5.74) is 3.02. The number of rotatable bonds is 8. The summed E-state index contributed by atoms with van der Waals surface area (Å²) in [6.45, 7) is 2.59. The van der Waals surface area contributed by atoms with Crippen LogP contribution in [0.15, 0.2) is 54.2 Å². The highest BCUT2D eigenvalue weighted by molar-refractivity contribution is 7.13. The van der Waals surface area contributed by atoms with Crippen molar-refractivity contribution in [1.82, 2.24) is 15.3 Å². The molecule has 140 valence electrons. The Kier molecular flexibility index (Phi) is 6.65. The Bertz CT molecular complexity index is 865. The number of nitrogens with zero attached hydrogens (tertiary/aromatic N) is 2. The summed E-state index contributed by atoms with van der Waals surface area (Å²) in [4.78, 5) is 20.9. The standard InChI is InChI=1S/C21H22FN3OS/c1-2-15(16-3-5-18(22)6-4-16)13-20(26)24-12-9-19-14-27-21(25-19)17-7-10-23-11-8-17/h3-8,10-11,14-15H,2,9,12-13H2,1H3,(H,24,26). The molecule has 6 heteroatoms. The van der Waals surface area contributed by atoms with Crippen LogP contribution >= 0.6 is 11.3 Å². The minimum atomic E-state index is -0.257. The molecule has 0 saturated carbocycles. The molecule has 0 aliphatic heterocycles. The molecule has 0 fully saturated rings. The second-order valence-electron chi connectivity index (χ2n) is 6.34. The van der Waals surface area contributed by atoms with Gasteiger partial charge in [-0.25, -0.2) is 9.37 Å². The minimum absolute atomic E-state index is 0.00996. The van der Waals surface area contributed by atoms with E-state index in [2.05, 4.69) is 15.3 Å². The van der Waals surface area contributed by atoms with Crippen molar-refractivity contribution < 1.29 is 9.18 Å². The van der Waals surface area contributed by atoms with Crippen molar-refractivity contribution in [2.24, 2.45) is 0 Å². The van der Waals surface area contributed by atoms with Crippen molar-refractivity contribution in [3.63, 3.8) is 0 Å². The predicted octanol–water partition coefficient (Wildman–Crippen LogP) is 4.59. The van der Waals surface area contributed by atoms with Crippen LogP contribution in [0.3, 0.4) is 0 Å². The first-order chi connectivity index (χ1) is 13.2. The topological polar surface area (TPSA) is 54.9 Å². The number of hydrogen-bond acceptors (Lipinski definition) is 4. The van der Waals surface area contributed by atoms with E-state index in [0.29, 0.717) is 19.4 Å². The average molecular weight is 383 g/mol. The first kappa shape index (κ1) is 19.2. The van der Waals surface area contributed by atoms with E-state index in [4.69, 9.17) is 0 Å². The highest BCUT2D eigenvalue weighted by Gasteiger charge is 2.14. The third kappa shape index (κ3) is 5.44. The van der Waals surface area contributed by atoms with Crippen molar-refractivity contribution >= 4 is 17.2 Å². The predicted molar refractivity (Wildman–Crippen MR) is 106 cm³/mol. The molecule has 3 aromatic rings. The molecule has 3 rings (SSSR count). The highest BCUT2D eigenvalue weighted by Crippen LogP contribution is 2.24. The molecule has 0 spiro atoms. The number of aromatic nitrogens is 2. The summed E-state index contributed by atoms with van der Waals surface area (Å²) >= 11 is 1.59. The first-order valence-corrected chi connectivity index (χ1v) is 9.90. The summed E-state index contributed by atoms with van der Waals surface area (Å²) in [6.07, 6.45) is 5.44. The van der Waals surface area contributed by atoms with E-state index in [9.17, 15) is 9.18 Å². The summed E-state index contributed by atoms with van der Waals surface area (Å²) in [6, 6.07) is 10.3. The summed E-state index contributed by atoms with van der Waals surface area (Å²) in [7, 11) is 0. The van der Waals surface area contributed by atoms with Crippen LogP contribution in [0.25, 0.3) is 10.6 Å². The summed E-state index contributed by atoms with van der Waals surface area (Å²) < 4.78 is 13.1. The van der Waals surface area contributed by atoms with Crippen molar-refractivity contribution in [1.29, 1.82) is 0 Å². The Hall–Kier alpha value is -2.60. The fourth-order valence-corrected chi connectivity index (χ4v) is 3.77. The Morgan fingerprint density at radius 3 is 2.63 bits per heavy atom. The molecular weight excluding hydrogens is 361 g/mol. The second-order valence-corrected chi connectivity index (χ2v) is 7.20. The molecule has 2 aromatic heterocycles. The molecule has 1 amide bonds. The maximum absolute atomic E-state index is 13.1. The van der Waals surface area contributed by atoms with Gasteiger partial charge in [0, 0.05) is 42.7 Å². The molecule has 1 aromatic carbocycles. The number of halogens is 1. The molecule has 0 aliphatic carbocycles. The average Bonchev–Trinajstić information content (AvgIpc) is 3.16. The van der Waals surface area contributed by atoms with Gasteiger partial charge in [-0.15, -0.1) is 11.3 Å². The molecule has 1 N–H and O–H groups in total. The number of amides is 1. The zero-order chi connectivity index (χ0) is 19.1. The number of thiazole rings is 1. The van der Waals surface area contributed by atoms with Crippen molar-refractivity contribution in [2.75, 3.05) is 6.54 Å². The van der Waals surface area contributed by atoms with Gasteiger partial charge in [-0.3, -0.25) is 9.78 Å². The molecule has 4 nitrogen and oxygen atoms in total. The molecule has 1 atom stereocenters. The monoisotopic (exact) mass is 383 g/mol. The van der Waals surface area contributed by atoms with Gasteiger partial charge in [0.2, 0.25) is 5.91 Å². The number of hydrogen-bond donors (Lipinski definition) is 1. The van der Waals surface area contributed by atoms with Gasteiger partial charge in [-0.05, 0) is 42.2 Å². The molecule has 27 heavy (non-hydrogen) atoms. The van der Waals surface area contributed by atoms with Gasteiger partial charge < -0.3 is 5.32 Å². The zero-order valence-corrected chi connectivity index (χ0v) is 16.0. The summed E-state index contributed by atoms with van der Waals surface area (Å²) in [5.74, 6) is -0.147. The maximum atomic E-state index is 13.1. The van der Waals surface area contributed by atoms with Crippen molar-refractivity contribution in [3.05, 3.63) is 71.2 Å². The number of nitrogens with one attached hydrogen (secondary N) is 1. The SMILES string of the molecule is CCC(CC(=O)NCCc1csc(-c2ccncc2)n1)c1ccc(F)cc1. The number of carbonyl (C=O) groups is 1. The first-order valence-electron chi connectivity index (χ1n) is 9.02. The van der Waals surface area contributed by atoms with Crippen LogP contribution in [0.2, 0.25) is 0 Å². The van der Waals surface area contributed by atoms with Crippen molar-refractivity contribution in [3.8, 4) is 10.6 Å². The fraction of sp³-hybridized carbons (Fsp3) is 0.286. The van der Waals surface area contributed by atoms with E-state index in [-0.39, 0.29) is 17.6 Å². The highest BCUT2D eigenvalue weighted by atomic mass is 32.1. The van der Waals surface area contributed by atoms with Gasteiger partial charge in [0.15, 0.2) is 0 Å². The lowest BCUT2D eigenvalue weighted by molar-refractivity contribution is -0.121. The van der Waals surface area contributed by atoms with E-state index in [1.54, 1.807) is 35.9 Å². The van der Waals surface area contributed by atoms with Gasteiger partial charge in [-0.1, -0.05) is 19.1 Å². The van der Waals surface area contributed by atoms with Gasteiger partial charge in [0.1, 0.15) is 10.8 Å². The molecule has 0 radical (unpaired) electrons. The van der Waals surface area contributed by atoms with E-state index in [0.717, 1.165) is 28.2 Å². The van der Waals surface area contributed by atoms with E-state index < -0.39 is 0 Å². The van der Waals surface area contributed by atoms with Gasteiger partial charge in [0.25, 0.3) is 0 Å². The van der Waals surface area contributed by atoms with Gasteiger partial charge in [0.05, 0.1) is 5.69 Å². The Morgan fingerprint density at radius 2 is 1.93 bits per heavy atom. The normalized spacial score (nSPS) is 11.9. The number of benzene rings is 1. The van der Waals surface area contributed by atoms with Crippen LogP contribution in [0.1, 0.15) is 36.9 Å².